The fraction of sp³-hybridized carbons (Fsp3) is 0.276. The van der Waals surface area contributed by atoms with Gasteiger partial charge in [0.2, 0.25) is 0 Å². The first-order chi connectivity index (χ1) is 17.5. The van der Waals surface area contributed by atoms with Gasteiger partial charge in [0.15, 0.2) is 0 Å². The number of para-hydroxylation sites is 1. The molecular weight excluding hydrogens is 474 g/mol. The van der Waals surface area contributed by atoms with Crippen LogP contribution >= 0.6 is 11.6 Å². The summed E-state index contributed by atoms with van der Waals surface area (Å²) in [4.78, 5) is 34.5. The fourth-order valence-electron chi connectivity index (χ4n) is 4.43. The Morgan fingerprint density at radius 3 is 2.56 bits per heavy atom. The lowest BCUT2D eigenvalue weighted by molar-refractivity contribution is 0.0655. The van der Waals surface area contributed by atoms with Crippen LogP contribution in [0.4, 0.5) is 0 Å². The molecule has 1 amide bonds. The van der Waals surface area contributed by atoms with E-state index >= 15 is 0 Å². The predicted octanol–water partition coefficient (Wildman–Crippen LogP) is 6.44. The zero-order valence-electron chi connectivity index (χ0n) is 20.8. The van der Waals surface area contributed by atoms with Crippen molar-refractivity contribution in [2.24, 2.45) is 0 Å². The first-order valence-electron chi connectivity index (χ1n) is 12.2. The van der Waals surface area contributed by atoms with E-state index in [1.54, 1.807) is 54.1 Å². The number of hydrogen-bond donors (Lipinski definition) is 0. The van der Waals surface area contributed by atoms with Gasteiger partial charge in [-0.3, -0.25) is 14.2 Å². The first-order valence-corrected chi connectivity index (χ1v) is 12.6. The highest BCUT2D eigenvalue weighted by Gasteiger charge is 2.29. The normalized spacial score (nSPS) is 11.9. The second-order valence-corrected chi connectivity index (χ2v) is 9.05. The molecule has 0 radical (unpaired) electrons. The Hall–Kier alpha value is -3.64. The quantitative estimate of drug-likeness (QED) is 0.263. The maximum Gasteiger partial charge on any atom is 0.266 e. The monoisotopic (exact) mass is 503 g/mol. The topological polar surface area (TPSA) is 64.4 Å². The summed E-state index contributed by atoms with van der Waals surface area (Å²) < 4.78 is 6.95. The summed E-state index contributed by atoms with van der Waals surface area (Å²) in [5.41, 5.74) is 1.55. The lowest BCUT2D eigenvalue weighted by Gasteiger charge is -2.32. The molecule has 1 heterocycles. The highest BCUT2D eigenvalue weighted by molar-refractivity contribution is 6.30. The largest absolute Gasteiger partial charge is 0.497 e. The van der Waals surface area contributed by atoms with Crippen molar-refractivity contribution in [2.75, 3.05) is 13.7 Å². The van der Waals surface area contributed by atoms with Crippen molar-refractivity contribution in [3.63, 3.8) is 0 Å². The van der Waals surface area contributed by atoms with Crippen LogP contribution in [0.25, 0.3) is 16.6 Å². The van der Waals surface area contributed by atoms with Gasteiger partial charge in [-0.25, -0.2) is 4.98 Å². The van der Waals surface area contributed by atoms with Crippen molar-refractivity contribution in [3.05, 3.63) is 99.6 Å². The van der Waals surface area contributed by atoms with Gasteiger partial charge in [0.05, 0.1) is 29.7 Å². The Labute approximate surface area is 216 Å². The summed E-state index contributed by atoms with van der Waals surface area (Å²) in [6, 6.07) is 21.1. The highest BCUT2D eigenvalue weighted by atomic mass is 35.5. The minimum atomic E-state index is -0.438. The molecule has 6 nitrogen and oxygen atoms in total. The molecule has 1 atom stereocenters. The van der Waals surface area contributed by atoms with E-state index in [-0.39, 0.29) is 11.5 Å². The van der Waals surface area contributed by atoms with E-state index < -0.39 is 6.04 Å². The Morgan fingerprint density at radius 2 is 1.83 bits per heavy atom. The second-order valence-electron chi connectivity index (χ2n) is 8.62. The minimum Gasteiger partial charge on any atom is -0.497 e. The molecule has 36 heavy (non-hydrogen) atoms. The molecule has 3 aromatic carbocycles. The minimum absolute atomic E-state index is 0.130. The van der Waals surface area contributed by atoms with Gasteiger partial charge in [0.25, 0.3) is 11.5 Å². The second kappa shape index (κ2) is 11.4. The summed E-state index contributed by atoms with van der Waals surface area (Å²) in [6.07, 6.45) is 2.32. The van der Waals surface area contributed by atoms with Crippen LogP contribution in [0.1, 0.15) is 55.3 Å². The van der Waals surface area contributed by atoms with Crippen LogP contribution in [0.2, 0.25) is 5.02 Å². The van der Waals surface area contributed by atoms with Gasteiger partial charge >= 0.3 is 0 Å². The van der Waals surface area contributed by atoms with Crippen molar-refractivity contribution in [1.82, 2.24) is 14.5 Å². The number of rotatable bonds is 9. The molecule has 1 unspecified atom stereocenters. The average Bonchev–Trinajstić information content (AvgIpc) is 2.90. The number of halogens is 1. The Morgan fingerprint density at radius 1 is 1.06 bits per heavy atom. The molecular formula is C29H30ClN3O3. The number of carbonyl (C=O) groups is 1. The van der Waals surface area contributed by atoms with Gasteiger partial charge in [-0.05, 0) is 61.4 Å². The summed E-state index contributed by atoms with van der Waals surface area (Å²) in [7, 11) is 1.58. The lowest BCUT2D eigenvalue weighted by Crippen LogP contribution is -2.39. The highest BCUT2D eigenvalue weighted by Crippen LogP contribution is 2.29. The number of ether oxygens (including phenoxy) is 1. The maximum absolute atomic E-state index is 13.9. The van der Waals surface area contributed by atoms with E-state index in [1.807, 2.05) is 42.2 Å². The van der Waals surface area contributed by atoms with Crippen LogP contribution in [0.5, 0.6) is 5.75 Å². The van der Waals surface area contributed by atoms with Gasteiger partial charge < -0.3 is 9.64 Å². The van der Waals surface area contributed by atoms with Crippen molar-refractivity contribution < 1.29 is 9.53 Å². The van der Waals surface area contributed by atoms with E-state index in [9.17, 15) is 9.59 Å². The molecule has 0 saturated carbocycles. The fourth-order valence-corrected chi connectivity index (χ4v) is 4.61. The molecule has 0 fully saturated rings. The third-order valence-electron chi connectivity index (χ3n) is 6.26. The third-order valence-corrected chi connectivity index (χ3v) is 6.49. The summed E-state index contributed by atoms with van der Waals surface area (Å²) in [5.74, 6) is 0.995. The average molecular weight is 504 g/mol. The van der Waals surface area contributed by atoms with Crippen LogP contribution in [-0.4, -0.2) is 34.0 Å². The molecule has 7 heteroatoms. The van der Waals surface area contributed by atoms with Crippen LogP contribution in [0.3, 0.4) is 0 Å². The number of hydrogen-bond acceptors (Lipinski definition) is 4. The number of aromatic nitrogens is 2. The summed E-state index contributed by atoms with van der Waals surface area (Å²) >= 11 is 6.31. The lowest BCUT2D eigenvalue weighted by atomic mass is 10.1. The van der Waals surface area contributed by atoms with Gasteiger partial charge in [0, 0.05) is 17.1 Å². The Kier molecular flexibility index (Phi) is 8.06. The molecule has 0 aliphatic rings. The molecule has 4 rings (SSSR count). The number of unbranched alkanes of at least 4 members (excludes halogenated alkanes) is 1. The molecule has 0 aliphatic heterocycles. The predicted molar refractivity (Wildman–Crippen MR) is 144 cm³/mol. The van der Waals surface area contributed by atoms with Gasteiger partial charge in [-0.2, -0.15) is 0 Å². The molecule has 4 aromatic rings. The van der Waals surface area contributed by atoms with E-state index in [0.29, 0.717) is 51.7 Å². The van der Waals surface area contributed by atoms with E-state index in [4.69, 9.17) is 21.3 Å². The molecule has 186 valence electrons. The zero-order chi connectivity index (χ0) is 25.7. The number of nitrogens with zero attached hydrogens (tertiary/aromatic N) is 3. The van der Waals surface area contributed by atoms with Crippen LogP contribution < -0.4 is 10.3 Å². The van der Waals surface area contributed by atoms with Gasteiger partial charge in [0.1, 0.15) is 11.6 Å². The smallest absolute Gasteiger partial charge is 0.266 e. The number of amides is 1. The zero-order valence-corrected chi connectivity index (χ0v) is 21.5. The summed E-state index contributed by atoms with van der Waals surface area (Å²) in [5, 5.41) is 1.03. The maximum atomic E-state index is 13.9. The molecule has 0 saturated heterocycles. The van der Waals surface area contributed by atoms with E-state index in [1.165, 1.54) is 0 Å². The van der Waals surface area contributed by atoms with Crippen molar-refractivity contribution >= 4 is 28.4 Å². The van der Waals surface area contributed by atoms with Crippen LogP contribution in [-0.2, 0) is 0 Å². The van der Waals surface area contributed by atoms with Crippen molar-refractivity contribution in [3.8, 4) is 11.4 Å². The first kappa shape index (κ1) is 25.5. The van der Waals surface area contributed by atoms with Crippen molar-refractivity contribution in [1.29, 1.82) is 0 Å². The SMILES string of the molecule is CCCCN(C(=O)c1cccc(OC)c1)C(CC)c1nc2ccccc2c(=O)n1-c1cccc(Cl)c1. The Bertz CT molecular complexity index is 1430. The number of carbonyl (C=O) groups excluding carboxylic acids is 1. The Balaban J connectivity index is 1.93. The molecule has 0 bridgehead atoms. The third kappa shape index (κ3) is 5.14. The summed E-state index contributed by atoms with van der Waals surface area (Å²) in [6.45, 7) is 4.63. The van der Waals surface area contributed by atoms with Gasteiger partial charge in [-0.15, -0.1) is 0 Å². The van der Waals surface area contributed by atoms with Crippen molar-refractivity contribution in [2.45, 2.75) is 39.2 Å². The van der Waals surface area contributed by atoms with Crippen LogP contribution in [0.15, 0.2) is 77.6 Å². The standard InChI is InChI=1S/C29H30ClN3O3/c1-4-6-17-32(28(34)20-11-9-14-23(18-20)36-3)26(5-2)27-31-25-16-8-7-15-24(25)29(35)33(27)22-13-10-12-21(30)19-22/h7-16,18-19,26H,4-6,17H2,1-3H3. The number of fused-ring (bicyclic) bond motifs is 1. The molecule has 0 aliphatic carbocycles. The molecule has 0 N–H and O–H groups in total. The van der Waals surface area contributed by atoms with E-state index in [2.05, 4.69) is 6.92 Å². The number of methoxy groups -OCH3 is 1. The van der Waals surface area contributed by atoms with Crippen LogP contribution in [0, 0.1) is 0 Å². The molecule has 0 spiro atoms. The number of benzene rings is 3. The molecule has 1 aromatic heterocycles. The van der Waals surface area contributed by atoms with E-state index in [0.717, 1.165) is 12.8 Å². The van der Waals surface area contributed by atoms with Gasteiger partial charge in [-0.1, -0.05) is 56.1 Å².